The highest BCUT2D eigenvalue weighted by Crippen LogP contribution is 2.28. The van der Waals surface area contributed by atoms with Gasteiger partial charge in [0.1, 0.15) is 6.04 Å². The molecule has 0 heterocycles. The molecule has 0 bridgehead atoms. The Bertz CT molecular complexity index is 956. The van der Waals surface area contributed by atoms with Crippen LogP contribution in [0.5, 0.6) is 0 Å². The molecule has 1 atom stereocenters. The Morgan fingerprint density at radius 2 is 1.79 bits per heavy atom. The second-order valence-corrected chi connectivity index (χ2v) is 8.71. The summed E-state index contributed by atoms with van der Waals surface area (Å²) >= 11 is 0. The molecule has 1 unspecified atom stereocenters. The Morgan fingerprint density at radius 1 is 1.07 bits per heavy atom. The van der Waals surface area contributed by atoms with E-state index in [2.05, 4.69) is 10.0 Å². The van der Waals surface area contributed by atoms with Crippen LogP contribution in [-0.2, 0) is 21.2 Å². The van der Waals surface area contributed by atoms with Crippen LogP contribution in [0, 0.1) is 5.92 Å². The zero-order chi connectivity index (χ0) is 20.1. The topological polar surface area (TPSA) is 118 Å². The summed E-state index contributed by atoms with van der Waals surface area (Å²) in [6.07, 6.45) is 2.31. The quantitative estimate of drug-likeness (QED) is 0.585. The van der Waals surface area contributed by atoms with Gasteiger partial charge in [0.15, 0.2) is 0 Å². The van der Waals surface area contributed by atoms with Crippen molar-refractivity contribution in [3.8, 4) is 0 Å². The molecule has 8 heteroatoms. The minimum absolute atomic E-state index is 0.0134. The third-order valence-corrected chi connectivity index (χ3v) is 6.02. The maximum absolute atomic E-state index is 12.6. The Hall–Kier alpha value is -2.71. The molecule has 1 aliphatic rings. The number of sulfonamides is 1. The summed E-state index contributed by atoms with van der Waals surface area (Å²) in [5.74, 6) is -0.818. The lowest BCUT2D eigenvalue weighted by atomic mass is 10.0. The molecule has 7 nitrogen and oxygen atoms in total. The van der Waals surface area contributed by atoms with Crippen LogP contribution in [0.3, 0.4) is 0 Å². The summed E-state index contributed by atoms with van der Waals surface area (Å²) < 4.78 is 27.3. The molecule has 0 radical (unpaired) electrons. The maximum Gasteiger partial charge on any atom is 0.251 e. The Labute approximate surface area is 164 Å². The van der Waals surface area contributed by atoms with E-state index in [-0.39, 0.29) is 16.9 Å². The predicted molar refractivity (Wildman–Crippen MR) is 105 cm³/mol. The molecular formula is C20H23N3O4S. The lowest BCUT2D eigenvalue weighted by Gasteiger charge is -2.16. The molecule has 148 valence electrons. The first-order valence-corrected chi connectivity index (χ1v) is 10.6. The van der Waals surface area contributed by atoms with Crippen LogP contribution in [0.4, 0.5) is 0 Å². The minimum atomic E-state index is -3.69. The molecule has 2 amide bonds. The van der Waals surface area contributed by atoms with E-state index in [1.807, 2.05) is 30.3 Å². The van der Waals surface area contributed by atoms with Gasteiger partial charge in [-0.1, -0.05) is 36.4 Å². The SMILES string of the molecule is NC(=O)C(Cc1ccccc1)NC(=O)c1cccc(S(=O)(=O)NCC2CC2)c1. The van der Waals surface area contributed by atoms with E-state index in [9.17, 15) is 18.0 Å². The van der Waals surface area contributed by atoms with Gasteiger partial charge < -0.3 is 11.1 Å². The van der Waals surface area contributed by atoms with Crippen molar-refractivity contribution in [1.29, 1.82) is 0 Å². The highest BCUT2D eigenvalue weighted by molar-refractivity contribution is 7.89. The minimum Gasteiger partial charge on any atom is -0.368 e. The molecule has 1 aliphatic carbocycles. The lowest BCUT2D eigenvalue weighted by molar-refractivity contribution is -0.119. The number of rotatable bonds is 9. The molecule has 3 rings (SSSR count). The third-order valence-electron chi connectivity index (χ3n) is 4.60. The van der Waals surface area contributed by atoms with Crippen LogP contribution in [0.15, 0.2) is 59.5 Å². The first kappa shape index (κ1) is 20.0. The number of amides is 2. The van der Waals surface area contributed by atoms with E-state index in [0.717, 1.165) is 18.4 Å². The number of carbonyl (C=O) groups excluding carboxylic acids is 2. The fraction of sp³-hybridized carbons (Fsp3) is 0.300. The van der Waals surface area contributed by atoms with Gasteiger partial charge in [0, 0.05) is 18.5 Å². The fourth-order valence-electron chi connectivity index (χ4n) is 2.75. The smallest absolute Gasteiger partial charge is 0.251 e. The van der Waals surface area contributed by atoms with Crippen molar-refractivity contribution in [3.63, 3.8) is 0 Å². The van der Waals surface area contributed by atoms with E-state index in [1.165, 1.54) is 24.3 Å². The van der Waals surface area contributed by atoms with Gasteiger partial charge in [0.25, 0.3) is 5.91 Å². The first-order chi connectivity index (χ1) is 13.3. The van der Waals surface area contributed by atoms with Gasteiger partial charge in [-0.3, -0.25) is 9.59 Å². The van der Waals surface area contributed by atoms with E-state index < -0.39 is 27.9 Å². The van der Waals surface area contributed by atoms with Gasteiger partial charge >= 0.3 is 0 Å². The van der Waals surface area contributed by atoms with Crippen LogP contribution in [0.1, 0.15) is 28.8 Å². The Kier molecular flexibility index (Phi) is 6.11. The molecule has 1 saturated carbocycles. The summed E-state index contributed by atoms with van der Waals surface area (Å²) in [4.78, 5) is 24.3. The van der Waals surface area contributed by atoms with Gasteiger partial charge in [-0.2, -0.15) is 0 Å². The van der Waals surface area contributed by atoms with Crippen molar-refractivity contribution in [2.45, 2.75) is 30.2 Å². The van der Waals surface area contributed by atoms with Crippen LogP contribution in [0.25, 0.3) is 0 Å². The standard InChI is InChI=1S/C20H23N3O4S/c21-19(24)18(11-14-5-2-1-3-6-14)23-20(25)16-7-4-8-17(12-16)28(26,27)22-13-15-9-10-15/h1-8,12,15,18,22H,9-11,13H2,(H2,21,24)(H,23,25). The highest BCUT2D eigenvalue weighted by atomic mass is 32.2. The van der Waals surface area contributed by atoms with Gasteiger partial charge in [0.05, 0.1) is 4.90 Å². The van der Waals surface area contributed by atoms with Crippen LogP contribution in [0.2, 0.25) is 0 Å². The van der Waals surface area contributed by atoms with Crippen molar-refractivity contribution in [1.82, 2.24) is 10.0 Å². The fourth-order valence-corrected chi connectivity index (χ4v) is 3.91. The average Bonchev–Trinajstić information content (AvgIpc) is 3.51. The van der Waals surface area contributed by atoms with Gasteiger partial charge in [0.2, 0.25) is 15.9 Å². The van der Waals surface area contributed by atoms with E-state index in [0.29, 0.717) is 12.5 Å². The number of carbonyl (C=O) groups is 2. The van der Waals surface area contributed by atoms with E-state index in [1.54, 1.807) is 0 Å². The summed E-state index contributed by atoms with van der Waals surface area (Å²) in [7, 11) is -3.69. The second-order valence-electron chi connectivity index (χ2n) is 6.94. The molecule has 0 spiro atoms. The summed E-state index contributed by atoms with van der Waals surface area (Å²) in [6, 6.07) is 14.0. The summed E-state index contributed by atoms with van der Waals surface area (Å²) in [5.41, 5.74) is 6.43. The van der Waals surface area contributed by atoms with Crippen LogP contribution >= 0.6 is 0 Å². The van der Waals surface area contributed by atoms with Gasteiger partial charge in [-0.15, -0.1) is 0 Å². The van der Waals surface area contributed by atoms with Crippen molar-refractivity contribution >= 4 is 21.8 Å². The molecule has 28 heavy (non-hydrogen) atoms. The van der Waals surface area contributed by atoms with Gasteiger partial charge in [-0.25, -0.2) is 13.1 Å². The molecule has 0 saturated heterocycles. The Balaban J connectivity index is 1.71. The number of hydrogen-bond acceptors (Lipinski definition) is 4. The Morgan fingerprint density at radius 3 is 2.43 bits per heavy atom. The number of nitrogens with one attached hydrogen (secondary N) is 2. The van der Waals surface area contributed by atoms with E-state index in [4.69, 9.17) is 5.73 Å². The molecule has 4 N–H and O–H groups in total. The lowest BCUT2D eigenvalue weighted by Crippen LogP contribution is -2.45. The van der Waals surface area contributed by atoms with E-state index >= 15 is 0 Å². The van der Waals surface area contributed by atoms with Crippen LogP contribution < -0.4 is 15.8 Å². The van der Waals surface area contributed by atoms with Crippen molar-refractivity contribution < 1.29 is 18.0 Å². The number of primary amides is 1. The number of benzene rings is 2. The predicted octanol–water partition coefficient (Wildman–Crippen LogP) is 1.20. The van der Waals surface area contributed by atoms with Gasteiger partial charge in [-0.05, 0) is 42.5 Å². The van der Waals surface area contributed by atoms with Crippen LogP contribution in [-0.4, -0.2) is 32.8 Å². The first-order valence-electron chi connectivity index (χ1n) is 9.09. The zero-order valence-electron chi connectivity index (χ0n) is 15.3. The summed E-state index contributed by atoms with van der Waals surface area (Å²) in [6.45, 7) is 0.402. The molecular weight excluding hydrogens is 378 g/mol. The highest BCUT2D eigenvalue weighted by Gasteiger charge is 2.25. The second kappa shape index (κ2) is 8.53. The van der Waals surface area contributed by atoms with Crippen molar-refractivity contribution in [3.05, 3.63) is 65.7 Å². The molecule has 0 aromatic heterocycles. The molecule has 1 fully saturated rings. The average molecular weight is 401 g/mol. The molecule has 0 aliphatic heterocycles. The molecule has 2 aromatic carbocycles. The number of hydrogen-bond donors (Lipinski definition) is 3. The number of nitrogens with two attached hydrogens (primary N) is 1. The summed E-state index contributed by atoms with van der Waals surface area (Å²) in [5, 5.41) is 2.59. The largest absolute Gasteiger partial charge is 0.368 e. The monoisotopic (exact) mass is 401 g/mol. The molecule has 2 aromatic rings. The van der Waals surface area contributed by atoms with Crippen molar-refractivity contribution in [2.24, 2.45) is 11.7 Å². The zero-order valence-corrected chi connectivity index (χ0v) is 16.1. The normalized spacial score (nSPS) is 15.0. The third kappa shape index (κ3) is 5.40. The maximum atomic E-state index is 12.6. The van der Waals surface area contributed by atoms with Crippen molar-refractivity contribution in [2.75, 3.05) is 6.54 Å².